The van der Waals surface area contributed by atoms with Crippen molar-refractivity contribution in [1.29, 1.82) is 0 Å². The number of benzene rings is 1. The van der Waals surface area contributed by atoms with Gasteiger partial charge in [-0.15, -0.1) is 0 Å². The largest absolute Gasteiger partial charge is 0.369 e. The lowest BCUT2D eigenvalue weighted by molar-refractivity contribution is 0.598. The van der Waals surface area contributed by atoms with Gasteiger partial charge < -0.3 is 10.2 Å². The summed E-state index contributed by atoms with van der Waals surface area (Å²) in [6.07, 6.45) is 0. The number of rotatable bonds is 4. The molecule has 1 unspecified atom stereocenters. The Morgan fingerprint density at radius 2 is 2.11 bits per heavy atom. The molecule has 3 nitrogen and oxygen atoms in total. The van der Waals surface area contributed by atoms with Gasteiger partial charge in [0.05, 0.1) is 5.69 Å². The maximum atomic E-state index is 11.4. The van der Waals surface area contributed by atoms with Crippen molar-refractivity contribution in [3.05, 3.63) is 28.2 Å². The fourth-order valence-electron chi connectivity index (χ4n) is 2.35. The summed E-state index contributed by atoms with van der Waals surface area (Å²) in [5.74, 6) is 1.56. The van der Waals surface area contributed by atoms with Crippen molar-refractivity contribution in [3.63, 3.8) is 0 Å². The van der Waals surface area contributed by atoms with Gasteiger partial charge in [-0.1, -0.05) is 13.0 Å². The second-order valence-corrected chi connectivity index (χ2v) is 7.38. The molecule has 1 fully saturated rings. The number of anilines is 1. The van der Waals surface area contributed by atoms with E-state index in [0.717, 1.165) is 35.6 Å². The fraction of sp³-hybridized carbons (Fsp3) is 0.571. The summed E-state index contributed by atoms with van der Waals surface area (Å²) in [6.45, 7) is 7.03. The third-order valence-electron chi connectivity index (χ3n) is 3.50. The molecule has 2 rings (SSSR count). The molecule has 1 aromatic rings. The van der Waals surface area contributed by atoms with E-state index in [1.165, 1.54) is 11.3 Å². The van der Waals surface area contributed by atoms with Gasteiger partial charge in [-0.2, -0.15) is 0 Å². The number of nitrogens with zero attached hydrogens (tertiary/aromatic N) is 1. The summed E-state index contributed by atoms with van der Waals surface area (Å²) in [6, 6.07) is 6.90. The average molecular weight is 345 g/mol. The lowest BCUT2D eigenvalue weighted by atomic mass is 10.1. The normalized spacial score (nSPS) is 18.6. The van der Waals surface area contributed by atoms with Crippen molar-refractivity contribution < 1.29 is 4.21 Å². The molecular weight excluding hydrogens is 324 g/mol. The minimum atomic E-state index is -0.623. The van der Waals surface area contributed by atoms with Crippen LogP contribution in [0.5, 0.6) is 0 Å². The van der Waals surface area contributed by atoms with Crippen LogP contribution in [-0.2, 0) is 10.8 Å². The van der Waals surface area contributed by atoms with Gasteiger partial charge in [-0.25, -0.2) is 0 Å². The van der Waals surface area contributed by atoms with Gasteiger partial charge in [0.2, 0.25) is 0 Å². The third-order valence-corrected chi connectivity index (χ3v) is 5.41. The summed E-state index contributed by atoms with van der Waals surface area (Å²) in [7, 11) is -0.623. The maximum absolute atomic E-state index is 11.4. The lowest BCUT2D eigenvalue weighted by Crippen LogP contribution is -2.37. The highest BCUT2D eigenvalue weighted by Crippen LogP contribution is 2.30. The molecule has 0 radical (unpaired) electrons. The molecule has 0 bridgehead atoms. The molecule has 0 saturated carbocycles. The molecule has 1 aliphatic rings. The zero-order chi connectivity index (χ0) is 13.8. The highest BCUT2D eigenvalue weighted by atomic mass is 79.9. The molecule has 0 spiro atoms. The van der Waals surface area contributed by atoms with E-state index in [9.17, 15) is 4.21 Å². The molecule has 0 aromatic heterocycles. The van der Waals surface area contributed by atoms with Crippen molar-refractivity contribution >= 4 is 32.4 Å². The molecule has 0 amide bonds. The van der Waals surface area contributed by atoms with Crippen molar-refractivity contribution in [2.45, 2.75) is 19.9 Å². The van der Waals surface area contributed by atoms with E-state index in [0.29, 0.717) is 6.04 Å². The Kier molecular flexibility index (Phi) is 5.42. The Bertz CT molecular complexity index is 457. The van der Waals surface area contributed by atoms with E-state index >= 15 is 0 Å². The van der Waals surface area contributed by atoms with E-state index in [-0.39, 0.29) is 0 Å². The highest BCUT2D eigenvalue weighted by Gasteiger charge is 2.18. The average Bonchev–Trinajstić information content (AvgIpc) is 2.40. The number of hydrogen-bond acceptors (Lipinski definition) is 3. The summed E-state index contributed by atoms with van der Waals surface area (Å²) in [4.78, 5) is 2.31. The third kappa shape index (κ3) is 3.80. The molecule has 1 aliphatic heterocycles. The molecule has 19 heavy (non-hydrogen) atoms. The summed E-state index contributed by atoms with van der Waals surface area (Å²) in [5.41, 5.74) is 2.50. The first-order chi connectivity index (χ1) is 9.11. The predicted octanol–water partition coefficient (Wildman–Crippen LogP) is 2.69. The van der Waals surface area contributed by atoms with Gasteiger partial charge in [0.1, 0.15) is 0 Å². The van der Waals surface area contributed by atoms with Crippen molar-refractivity contribution in [2.24, 2.45) is 0 Å². The van der Waals surface area contributed by atoms with Crippen molar-refractivity contribution in [1.82, 2.24) is 5.32 Å². The van der Waals surface area contributed by atoms with Crippen LogP contribution in [0.25, 0.3) is 0 Å². The van der Waals surface area contributed by atoms with Gasteiger partial charge in [0, 0.05) is 45.9 Å². The molecule has 1 N–H and O–H groups in total. The number of nitrogens with one attached hydrogen (secondary N) is 1. The maximum Gasteiger partial charge on any atom is 0.0511 e. The number of halogens is 1. The standard InChI is InChI=1S/C14H21BrN2OS/c1-3-16-11(2)12-4-5-14(13(15)10-12)17-6-8-19(18)9-7-17/h4-5,10-11,16H,3,6-9H2,1-2H3. The quantitative estimate of drug-likeness (QED) is 0.911. The van der Waals surface area contributed by atoms with Crippen molar-refractivity contribution in [2.75, 3.05) is 36.0 Å². The van der Waals surface area contributed by atoms with E-state index in [4.69, 9.17) is 0 Å². The van der Waals surface area contributed by atoms with Gasteiger partial charge in [-0.3, -0.25) is 4.21 Å². The minimum Gasteiger partial charge on any atom is -0.369 e. The molecule has 106 valence electrons. The Hall–Kier alpha value is -0.390. The first kappa shape index (κ1) is 15.0. The fourth-order valence-corrected chi connectivity index (χ4v) is 4.05. The second-order valence-electron chi connectivity index (χ2n) is 4.83. The molecule has 0 aliphatic carbocycles. The molecule has 5 heteroatoms. The van der Waals surface area contributed by atoms with Gasteiger partial charge in [0.15, 0.2) is 0 Å². The van der Waals surface area contributed by atoms with Crippen LogP contribution in [0.1, 0.15) is 25.5 Å². The molecule has 1 atom stereocenters. The van der Waals surface area contributed by atoms with Crippen LogP contribution in [0, 0.1) is 0 Å². The Balaban J connectivity index is 2.13. The molecule has 1 saturated heterocycles. The van der Waals surface area contributed by atoms with Crippen LogP contribution in [0.15, 0.2) is 22.7 Å². The van der Waals surface area contributed by atoms with Gasteiger partial charge >= 0.3 is 0 Å². The van der Waals surface area contributed by atoms with E-state index < -0.39 is 10.8 Å². The van der Waals surface area contributed by atoms with E-state index in [1.54, 1.807) is 0 Å². The smallest absolute Gasteiger partial charge is 0.0511 e. The Morgan fingerprint density at radius 3 is 2.68 bits per heavy atom. The van der Waals surface area contributed by atoms with Crippen LogP contribution in [0.3, 0.4) is 0 Å². The lowest BCUT2D eigenvalue weighted by Gasteiger charge is -2.29. The van der Waals surface area contributed by atoms with Crippen LogP contribution in [0.2, 0.25) is 0 Å². The topological polar surface area (TPSA) is 32.3 Å². The van der Waals surface area contributed by atoms with E-state index in [1.807, 2.05) is 0 Å². The minimum absolute atomic E-state index is 0.365. The van der Waals surface area contributed by atoms with Gasteiger partial charge in [-0.05, 0) is 47.1 Å². The second kappa shape index (κ2) is 6.86. The SMILES string of the molecule is CCNC(C)c1ccc(N2CCS(=O)CC2)c(Br)c1. The summed E-state index contributed by atoms with van der Waals surface area (Å²) in [5, 5.41) is 3.42. The zero-order valence-corrected chi connectivity index (χ0v) is 13.9. The zero-order valence-electron chi connectivity index (χ0n) is 11.5. The summed E-state index contributed by atoms with van der Waals surface area (Å²) >= 11 is 3.67. The first-order valence-electron chi connectivity index (χ1n) is 6.74. The summed E-state index contributed by atoms with van der Waals surface area (Å²) < 4.78 is 12.5. The van der Waals surface area contributed by atoms with E-state index in [2.05, 4.69) is 58.2 Å². The number of hydrogen-bond donors (Lipinski definition) is 1. The monoisotopic (exact) mass is 344 g/mol. The molecule has 1 heterocycles. The van der Waals surface area contributed by atoms with Gasteiger partial charge in [0.25, 0.3) is 0 Å². The first-order valence-corrected chi connectivity index (χ1v) is 9.02. The van der Waals surface area contributed by atoms with Crippen LogP contribution in [-0.4, -0.2) is 35.3 Å². The Morgan fingerprint density at radius 1 is 1.42 bits per heavy atom. The van der Waals surface area contributed by atoms with Crippen molar-refractivity contribution in [3.8, 4) is 0 Å². The Labute approximate surface area is 126 Å². The van der Waals surface area contributed by atoms with Crippen LogP contribution in [0.4, 0.5) is 5.69 Å². The molecular formula is C14H21BrN2OS. The molecule has 1 aromatic carbocycles. The van der Waals surface area contributed by atoms with Crippen LogP contribution >= 0.6 is 15.9 Å². The highest BCUT2D eigenvalue weighted by molar-refractivity contribution is 9.10. The predicted molar refractivity (Wildman–Crippen MR) is 86.3 cm³/mol. The van der Waals surface area contributed by atoms with Crippen LogP contribution < -0.4 is 10.2 Å².